The van der Waals surface area contributed by atoms with E-state index in [-0.39, 0.29) is 18.3 Å². The molecule has 4 aromatic rings. The van der Waals surface area contributed by atoms with Gasteiger partial charge in [-0.2, -0.15) is 4.80 Å². The summed E-state index contributed by atoms with van der Waals surface area (Å²) in [6.45, 7) is 9.79. The van der Waals surface area contributed by atoms with E-state index in [2.05, 4.69) is 46.4 Å². The van der Waals surface area contributed by atoms with Gasteiger partial charge in [0.15, 0.2) is 18.2 Å². The topological polar surface area (TPSA) is 72.3 Å². The highest BCUT2D eigenvalue weighted by Crippen LogP contribution is 2.25. The van der Waals surface area contributed by atoms with Crippen molar-refractivity contribution >= 4 is 28.3 Å². The van der Waals surface area contributed by atoms with Gasteiger partial charge < -0.3 is 15.0 Å². The third kappa shape index (κ3) is 4.85. The van der Waals surface area contributed by atoms with Gasteiger partial charge in [-0.25, -0.2) is 4.39 Å². The summed E-state index contributed by atoms with van der Waals surface area (Å²) in [7, 11) is 0. The highest BCUT2D eigenvalue weighted by molar-refractivity contribution is 5.95. The molecule has 0 aliphatic heterocycles. The molecule has 0 saturated carbocycles. The Morgan fingerprint density at radius 2 is 1.71 bits per heavy atom. The van der Waals surface area contributed by atoms with Crippen LogP contribution in [0.2, 0.25) is 0 Å². The molecule has 4 rings (SSSR count). The van der Waals surface area contributed by atoms with Crippen molar-refractivity contribution in [2.24, 2.45) is 0 Å². The smallest absolute Gasteiger partial charge is 0.262 e. The molecule has 7 nitrogen and oxygen atoms in total. The van der Waals surface area contributed by atoms with Crippen LogP contribution in [0.5, 0.6) is 5.75 Å². The number of hydrogen-bond donors (Lipinski definition) is 1. The second-order valence-electron chi connectivity index (χ2n) is 8.06. The first-order valence-corrected chi connectivity index (χ1v) is 11.3. The largest absolute Gasteiger partial charge is 0.481 e. The number of carbonyl (C=O) groups is 1. The van der Waals surface area contributed by atoms with Gasteiger partial charge in [-0.3, -0.25) is 4.79 Å². The molecule has 0 atom stereocenters. The molecule has 0 radical (unpaired) electrons. The van der Waals surface area contributed by atoms with Crippen LogP contribution < -0.4 is 15.0 Å². The van der Waals surface area contributed by atoms with Crippen molar-refractivity contribution < 1.29 is 13.9 Å². The molecule has 0 unspecified atom stereocenters. The Balaban J connectivity index is 1.53. The average molecular weight is 462 g/mol. The predicted molar refractivity (Wildman–Crippen MR) is 132 cm³/mol. The maximum Gasteiger partial charge on any atom is 0.262 e. The van der Waals surface area contributed by atoms with Crippen LogP contribution >= 0.6 is 0 Å². The van der Waals surface area contributed by atoms with Gasteiger partial charge in [-0.15, -0.1) is 10.2 Å². The minimum atomic E-state index is -0.509. The lowest BCUT2D eigenvalue weighted by molar-refractivity contribution is -0.118. The van der Waals surface area contributed by atoms with Crippen LogP contribution in [0.25, 0.3) is 16.7 Å². The highest BCUT2D eigenvalue weighted by Gasteiger charge is 2.13. The zero-order chi connectivity index (χ0) is 24.2. The Morgan fingerprint density at radius 1 is 1.00 bits per heavy atom. The quantitative estimate of drug-likeness (QED) is 0.398. The van der Waals surface area contributed by atoms with E-state index in [1.807, 2.05) is 26.0 Å². The fourth-order valence-corrected chi connectivity index (χ4v) is 3.85. The molecule has 8 heteroatoms. The minimum Gasteiger partial charge on any atom is -0.481 e. The number of aryl methyl sites for hydroxylation is 2. The Bertz CT molecular complexity index is 1330. The summed E-state index contributed by atoms with van der Waals surface area (Å²) in [5.41, 5.74) is 5.96. The lowest BCUT2D eigenvalue weighted by Crippen LogP contribution is -2.21. The maximum atomic E-state index is 13.7. The summed E-state index contributed by atoms with van der Waals surface area (Å²) >= 11 is 0. The van der Waals surface area contributed by atoms with E-state index < -0.39 is 5.82 Å². The van der Waals surface area contributed by atoms with Crippen LogP contribution in [-0.4, -0.2) is 40.6 Å². The summed E-state index contributed by atoms with van der Waals surface area (Å²) in [6, 6.07) is 15.9. The Kier molecular flexibility index (Phi) is 6.77. The summed E-state index contributed by atoms with van der Waals surface area (Å²) in [5, 5.41) is 12.1. The summed E-state index contributed by atoms with van der Waals surface area (Å²) < 4.78 is 19.0. The van der Waals surface area contributed by atoms with E-state index in [1.54, 1.807) is 23.0 Å². The second-order valence-corrected chi connectivity index (χ2v) is 8.06. The third-order valence-electron chi connectivity index (χ3n) is 5.72. The third-order valence-corrected chi connectivity index (χ3v) is 5.72. The fraction of sp³-hybridized carbons (Fsp3) is 0.269. The molecule has 0 spiro atoms. The van der Waals surface area contributed by atoms with Crippen molar-refractivity contribution in [3.05, 3.63) is 71.5 Å². The van der Waals surface area contributed by atoms with Crippen LogP contribution in [0.4, 0.5) is 15.8 Å². The van der Waals surface area contributed by atoms with Crippen LogP contribution in [0, 0.1) is 19.7 Å². The van der Waals surface area contributed by atoms with E-state index >= 15 is 0 Å². The number of rotatable bonds is 8. The monoisotopic (exact) mass is 461 g/mol. The standard InChI is InChI=1S/C26H28FN5O2/c1-5-31(6-2)19-11-12-24(18(4)13-19)32-29-22-14-17(3)21(15-23(22)30-32)28-26(33)16-34-25-10-8-7-9-20(25)27/h7-15H,5-6,16H2,1-4H3,(H,28,33). The predicted octanol–water partition coefficient (Wildman–Crippen LogP) is 5.04. The number of fused-ring (bicyclic) bond motifs is 1. The van der Waals surface area contributed by atoms with Crippen LogP contribution in [0.15, 0.2) is 54.6 Å². The van der Waals surface area contributed by atoms with Crippen LogP contribution in [0.1, 0.15) is 25.0 Å². The maximum absolute atomic E-state index is 13.7. The first-order chi connectivity index (χ1) is 16.4. The van der Waals surface area contributed by atoms with Gasteiger partial charge in [0, 0.05) is 24.5 Å². The molecule has 34 heavy (non-hydrogen) atoms. The highest BCUT2D eigenvalue weighted by atomic mass is 19.1. The number of anilines is 2. The number of halogens is 1. The molecule has 0 bridgehead atoms. The van der Waals surface area contributed by atoms with E-state index in [0.717, 1.165) is 35.4 Å². The molecule has 0 aliphatic rings. The first-order valence-electron chi connectivity index (χ1n) is 11.3. The van der Waals surface area contributed by atoms with Crippen LogP contribution in [0.3, 0.4) is 0 Å². The molecule has 1 heterocycles. The minimum absolute atomic E-state index is 0.0372. The van der Waals surface area contributed by atoms with E-state index in [1.165, 1.54) is 17.8 Å². The number of hydrogen-bond acceptors (Lipinski definition) is 5. The van der Waals surface area contributed by atoms with Crippen LogP contribution in [-0.2, 0) is 4.79 Å². The normalized spacial score (nSPS) is 11.0. The molecule has 176 valence electrons. The SMILES string of the molecule is CCN(CC)c1ccc(-n2nc3cc(C)c(NC(=O)COc4ccccc4F)cc3n2)c(C)c1. The van der Waals surface area contributed by atoms with Crippen molar-refractivity contribution in [3.8, 4) is 11.4 Å². The molecular weight excluding hydrogens is 433 g/mol. The zero-order valence-corrected chi connectivity index (χ0v) is 19.8. The van der Waals surface area contributed by atoms with Gasteiger partial charge in [-0.1, -0.05) is 12.1 Å². The molecule has 1 N–H and O–H groups in total. The van der Waals surface area contributed by atoms with Gasteiger partial charge in [0.25, 0.3) is 5.91 Å². The lowest BCUT2D eigenvalue weighted by atomic mass is 10.1. The number of amides is 1. The van der Waals surface area contributed by atoms with E-state index in [0.29, 0.717) is 11.2 Å². The van der Waals surface area contributed by atoms with Gasteiger partial charge in [0.2, 0.25) is 0 Å². The number of carbonyl (C=O) groups excluding carboxylic acids is 1. The molecule has 0 saturated heterocycles. The van der Waals surface area contributed by atoms with E-state index in [4.69, 9.17) is 4.74 Å². The number of nitrogens with one attached hydrogen (secondary N) is 1. The molecule has 1 amide bonds. The molecule has 1 aromatic heterocycles. The Hall–Kier alpha value is -3.94. The second kappa shape index (κ2) is 9.91. The molecule has 3 aromatic carbocycles. The number of benzene rings is 3. The van der Waals surface area contributed by atoms with Gasteiger partial charge in [0.05, 0.1) is 5.69 Å². The van der Waals surface area contributed by atoms with Crippen molar-refractivity contribution in [2.75, 3.05) is 29.9 Å². The van der Waals surface area contributed by atoms with Crippen molar-refractivity contribution in [1.29, 1.82) is 0 Å². The lowest BCUT2D eigenvalue weighted by Gasteiger charge is -2.22. The molecule has 0 fully saturated rings. The molecular formula is C26H28FN5O2. The fourth-order valence-electron chi connectivity index (χ4n) is 3.85. The van der Waals surface area contributed by atoms with Crippen molar-refractivity contribution in [2.45, 2.75) is 27.7 Å². The zero-order valence-electron chi connectivity index (χ0n) is 19.8. The van der Waals surface area contributed by atoms with E-state index in [9.17, 15) is 9.18 Å². The Morgan fingerprint density at radius 3 is 2.38 bits per heavy atom. The number of para-hydroxylation sites is 1. The first kappa shape index (κ1) is 23.2. The molecule has 0 aliphatic carbocycles. The summed E-state index contributed by atoms with van der Waals surface area (Å²) in [6.07, 6.45) is 0. The number of ether oxygens (including phenoxy) is 1. The summed E-state index contributed by atoms with van der Waals surface area (Å²) in [4.78, 5) is 16.3. The van der Waals surface area contributed by atoms with Crippen molar-refractivity contribution in [1.82, 2.24) is 15.0 Å². The average Bonchev–Trinajstić information content (AvgIpc) is 3.22. The van der Waals surface area contributed by atoms with Gasteiger partial charge in [-0.05, 0) is 81.3 Å². The van der Waals surface area contributed by atoms with Crippen molar-refractivity contribution in [3.63, 3.8) is 0 Å². The number of nitrogens with zero attached hydrogens (tertiary/aromatic N) is 4. The van der Waals surface area contributed by atoms with Gasteiger partial charge >= 0.3 is 0 Å². The Labute approximate surface area is 198 Å². The number of aromatic nitrogens is 3. The van der Waals surface area contributed by atoms with Gasteiger partial charge in [0.1, 0.15) is 11.0 Å². The summed E-state index contributed by atoms with van der Waals surface area (Å²) in [5.74, 6) is -0.860.